The third-order valence-corrected chi connectivity index (χ3v) is 5.40. The van der Waals surface area contributed by atoms with Gasteiger partial charge in [-0.25, -0.2) is 0 Å². The summed E-state index contributed by atoms with van der Waals surface area (Å²) in [5.74, 6) is -0.526. The Kier molecular flexibility index (Phi) is 4.33. The molecule has 1 spiro atoms. The molecule has 2 saturated heterocycles. The average Bonchev–Trinajstić information content (AvgIpc) is 3.06. The predicted molar refractivity (Wildman–Crippen MR) is 94.6 cm³/mol. The number of ether oxygens (including phenoxy) is 3. The predicted octanol–water partition coefficient (Wildman–Crippen LogP) is 4.49. The second-order valence-electron chi connectivity index (χ2n) is 7.20. The van der Waals surface area contributed by atoms with Crippen molar-refractivity contribution < 1.29 is 14.2 Å². The van der Waals surface area contributed by atoms with Gasteiger partial charge in [0.1, 0.15) is 5.60 Å². The summed E-state index contributed by atoms with van der Waals surface area (Å²) >= 11 is 0. The van der Waals surface area contributed by atoms with E-state index in [-0.39, 0.29) is 11.7 Å². The first kappa shape index (κ1) is 16.1. The summed E-state index contributed by atoms with van der Waals surface area (Å²) in [6.45, 7) is 3.47. The van der Waals surface area contributed by atoms with Crippen LogP contribution >= 0.6 is 0 Å². The first-order chi connectivity index (χ1) is 11.7. The van der Waals surface area contributed by atoms with E-state index in [1.165, 1.54) is 17.6 Å². The smallest absolute Gasteiger partial charge is 0.169 e. The minimum absolute atomic E-state index is 0.161. The average molecular weight is 326 g/mol. The summed E-state index contributed by atoms with van der Waals surface area (Å²) in [6, 6.07) is 10.3. The van der Waals surface area contributed by atoms with E-state index in [0.717, 1.165) is 32.3 Å². The molecule has 3 aliphatic rings. The van der Waals surface area contributed by atoms with Crippen LogP contribution in [0, 0.1) is 0 Å². The lowest BCUT2D eigenvalue weighted by molar-refractivity contribution is -0.234. The van der Waals surface area contributed by atoms with Gasteiger partial charge in [0.25, 0.3) is 0 Å². The van der Waals surface area contributed by atoms with Crippen molar-refractivity contribution in [2.75, 3.05) is 13.2 Å². The molecule has 0 aromatic heterocycles. The van der Waals surface area contributed by atoms with E-state index < -0.39 is 5.79 Å². The highest BCUT2D eigenvalue weighted by Gasteiger charge is 2.60. The normalized spacial score (nSPS) is 35.0. The fourth-order valence-corrected chi connectivity index (χ4v) is 4.23. The third kappa shape index (κ3) is 2.97. The van der Waals surface area contributed by atoms with E-state index in [0.29, 0.717) is 6.61 Å². The van der Waals surface area contributed by atoms with Crippen molar-refractivity contribution in [1.82, 2.24) is 0 Å². The summed E-state index contributed by atoms with van der Waals surface area (Å²) in [4.78, 5) is 0. The number of hydrogen-bond donors (Lipinski definition) is 0. The lowest BCUT2D eigenvalue weighted by Crippen LogP contribution is -2.40. The van der Waals surface area contributed by atoms with Crippen LogP contribution in [0.15, 0.2) is 48.1 Å². The molecule has 2 fully saturated rings. The summed E-state index contributed by atoms with van der Waals surface area (Å²) in [7, 11) is 0. The molecule has 0 bridgehead atoms. The van der Waals surface area contributed by atoms with Gasteiger partial charge in [0.2, 0.25) is 0 Å². The molecule has 1 aromatic carbocycles. The van der Waals surface area contributed by atoms with Crippen molar-refractivity contribution in [3.63, 3.8) is 0 Å². The molecule has 4 rings (SSSR count). The molecule has 1 aliphatic carbocycles. The lowest BCUT2D eigenvalue weighted by Gasteiger charge is -2.34. The molecule has 3 atom stereocenters. The maximum Gasteiger partial charge on any atom is 0.169 e. The van der Waals surface area contributed by atoms with Crippen LogP contribution in [-0.2, 0) is 14.2 Å². The first-order valence-corrected chi connectivity index (χ1v) is 9.07. The highest BCUT2D eigenvalue weighted by molar-refractivity contribution is 5.48. The Labute approximate surface area is 144 Å². The topological polar surface area (TPSA) is 27.7 Å². The van der Waals surface area contributed by atoms with Crippen molar-refractivity contribution >= 4 is 6.08 Å². The Balaban J connectivity index is 1.32. The maximum absolute atomic E-state index is 6.49. The minimum atomic E-state index is -0.526. The Morgan fingerprint density at radius 3 is 3.04 bits per heavy atom. The standard InChI is InChI=1S/C21H26O3/c1-20(23-14-8-6-11-17-9-3-2-4-10-17)15-19-21(24-20)13-7-5-12-18(21)16-22-19/h2-4,6,9-12,19H,5,7-8,13-16H2,1H3/b11-6+/t19-,20-,21-/m0/s1. The molecule has 2 heterocycles. The number of allylic oxidation sites excluding steroid dienone is 1. The van der Waals surface area contributed by atoms with Crippen LogP contribution in [0.25, 0.3) is 6.08 Å². The van der Waals surface area contributed by atoms with Gasteiger partial charge in [-0.15, -0.1) is 0 Å². The zero-order chi connectivity index (χ0) is 16.5. The van der Waals surface area contributed by atoms with Crippen molar-refractivity contribution in [2.24, 2.45) is 0 Å². The van der Waals surface area contributed by atoms with Gasteiger partial charge >= 0.3 is 0 Å². The molecule has 3 heteroatoms. The molecule has 128 valence electrons. The third-order valence-electron chi connectivity index (χ3n) is 5.40. The van der Waals surface area contributed by atoms with E-state index in [2.05, 4.69) is 49.4 Å². The van der Waals surface area contributed by atoms with Crippen LogP contribution in [0.4, 0.5) is 0 Å². The summed E-state index contributed by atoms with van der Waals surface area (Å²) < 4.78 is 18.6. The van der Waals surface area contributed by atoms with E-state index >= 15 is 0 Å². The largest absolute Gasteiger partial charge is 0.370 e. The fourth-order valence-electron chi connectivity index (χ4n) is 4.23. The zero-order valence-corrected chi connectivity index (χ0v) is 14.4. The fraction of sp³-hybridized carbons (Fsp3) is 0.524. The molecule has 0 N–H and O–H groups in total. The van der Waals surface area contributed by atoms with Gasteiger partial charge in [0, 0.05) is 6.42 Å². The molecule has 2 aliphatic heterocycles. The number of hydrogen-bond acceptors (Lipinski definition) is 3. The van der Waals surface area contributed by atoms with Crippen molar-refractivity contribution in [3.8, 4) is 0 Å². The summed E-state index contributed by atoms with van der Waals surface area (Å²) in [6.07, 6.45) is 11.9. The van der Waals surface area contributed by atoms with Crippen LogP contribution in [0.3, 0.4) is 0 Å². The van der Waals surface area contributed by atoms with E-state index in [1.807, 2.05) is 6.07 Å². The highest BCUT2D eigenvalue weighted by atomic mass is 16.7. The molecule has 24 heavy (non-hydrogen) atoms. The Morgan fingerprint density at radius 2 is 2.17 bits per heavy atom. The van der Waals surface area contributed by atoms with Gasteiger partial charge in [-0.05, 0) is 43.7 Å². The van der Waals surface area contributed by atoms with E-state index in [1.54, 1.807) is 0 Å². The molecular weight excluding hydrogens is 300 g/mol. The SMILES string of the molecule is C[C@@]1(OCC/C=C/c2ccccc2)C[C@@H]2OCC3=CCCC[C@]32O1. The van der Waals surface area contributed by atoms with Gasteiger partial charge in [-0.2, -0.15) is 0 Å². The molecule has 0 unspecified atom stereocenters. The summed E-state index contributed by atoms with van der Waals surface area (Å²) in [5, 5.41) is 0. The lowest BCUT2D eigenvalue weighted by atomic mass is 9.81. The van der Waals surface area contributed by atoms with Gasteiger partial charge in [0.15, 0.2) is 5.79 Å². The Bertz CT molecular complexity index is 636. The molecule has 3 nitrogen and oxygen atoms in total. The molecular formula is C21H26O3. The number of rotatable bonds is 5. The van der Waals surface area contributed by atoms with Gasteiger partial charge in [0.05, 0.1) is 19.3 Å². The van der Waals surface area contributed by atoms with Crippen molar-refractivity contribution in [2.45, 2.75) is 56.5 Å². The van der Waals surface area contributed by atoms with Crippen LogP contribution in [0.2, 0.25) is 0 Å². The zero-order valence-electron chi connectivity index (χ0n) is 14.4. The van der Waals surface area contributed by atoms with Crippen LogP contribution in [0.1, 0.15) is 44.6 Å². The monoisotopic (exact) mass is 326 g/mol. The van der Waals surface area contributed by atoms with E-state index in [9.17, 15) is 0 Å². The van der Waals surface area contributed by atoms with Gasteiger partial charge in [-0.3, -0.25) is 0 Å². The first-order valence-electron chi connectivity index (χ1n) is 9.07. The van der Waals surface area contributed by atoms with Crippen LogP contribution < -0.4 is 0 Å². The van der Waals surface area contributed by atoms with Gasteiger partial charge < -0.3 is 14.2 Å². The second-order valence-corrected chi connectivity index (χ2v) is 7.20. The molecule has 1 aromatic rings. The maximum atomic E-state index is 6.49. The highest BCUT2D eigenvalue weighted by Crippen LogP contribution is 2.52. The molecule has 0 radical (unpaired) electrons. The Hall–Kier alpha value is -1.42. The van der Waals surface area contributed by atoms with E-state index in [4.69, 9.17) is 14.2 Å². The quantitative estimate of drug-likeness (QED) is 0.589. The molecule has 0 amide bonds. The molecule has 0 saturated carbocycles. The summed E-state index contributed by atoms with van der Waals surface area (Å²) in [5.41, 5.74) is 2.36. The van der Waals surface area contributed by atoms with Crippen molar-refractivity contribution in [1.29, 1.82) is 0 Å². The Morgan fingerprint density at radius 1 is 1.29 bits per heavy atom. The van der Waals surface area contributed by atoms with Crippen LogP contribution in [-0.4, -0.2) is 30.7 Å². The number of benzene rings is 1. The van der Waals surface area contributed by atoms with Gasteiger partial charge in [-0.1, -0.05) is 48.6 Å². The van der Waals surface area contributed by atoms with Crippen LogP contribution in [0.5, 0.6) is 0 Å². The minimum Gasteiger partial charge on any atom is -0.370 e. The van der Waals surface area contributed by atoms with Crippen molar-refractivity contribution in [3.05, 3.63) is 53.6 Å². The second kappa shape index (κ2) is 6.47.